The largest absolute Gasteiger partial charge is 0.481 e. The van der Waals surface area contributed by atoms with E-state index in [0.717, 1.165) is 71.4 Å². The molecule has 2 aliphatic rings. The lowest BCUT2D eigenvalue weighted by atomic mass is 10.00. The molecule has 210 valence electrons. The highest BCUT2D eigenvalue weighted by molar-refractivity contribution is 5.79. The highest BCUT2D eigenvalue weighted by Crippen LogP contribution is 2.23. The molecule has 2 saturated heterocycles. The van der Waals surface area contributed by atoms with Crippen LogP contribution in [-0.2, 0) is 32.2 Å². The van der Waals surface area contributed by atoms with Crippen molar-refractivity contribution in [2.45, 2.75) is 64.7 Å². The Morgan fingerprint density at radius 1 is 1.00 bits per heavy atom. The van der Waals surface area contributed by atoms with Crippen LogP contribution in [0.1, 0.15) is 50.7 Å². The van der Waals surface area contributed by atoms with Crippen molar-refractivity contribution in [1.29, 1.82) is 0 Å². The SMILES string of the molecule is CC(=O)O.CC(=O)O.N[C@H]1CC[C@@H](C(=O)NCc2ccccc2Cn2cccn2)CN(C2CCOCC2)C1. The number of ether oxygens (including phenoxy) is 1. The van der Waals surface area contributed by atoms with E-state index in [1.807, 2.05) is 29.1 Å². The minimum absolute atomic E-state index is 0.0142. The number of hydrogen-bond donors (Lipinski definition) is 4. The molecule has 11 nitrogen and oxygen atoms in total. The number of nitrogens with one attached hydrogen (secondary N) is 1. The molecule has 1 amide bonds. The fourth-order valence-corrected chi connectivity index (χ4v) is 4.60. The van der Waals surface area contributed by atoms with Crippen LogP contribution >= 0.6 is 0 Å². The average molecular weight is 532 g/mol. The van der Waals surface area contributed by atoms with Gasteiger partial charge in [-0.3, -0.25) is 24.0 Å². The highest BCUT2D eigenvalue weighted by atomic mass is 16.5. The zero-order valence-electron chi connectivity index (χ0n) is 22.3. The number of hydrogen-bond acceptors (Lipinski definition) is 7. The number of aliphatic carboxylic acids is 2. The third-order valence-corrected chi connectivity index (χ3v) is 6.35. The topological polar surface area (TPSA) is 160 Å². The first kappa shape index (κ1) is 30.9. The van der Waals surface area contributed by atoms with Crippen LogP contribution in [0, 0.1) is 5.92 Å². The van der Waals surface area contributed by atoms with Crippen molar-refractivity contribution in [3.63, 3.8) is 0 Å². The number of rotatable bonds is 6. The molecule has 0 saturated carbocycles. The Hall–Kier alpha value is -3.28. The summed E-state index contributed by atoms with van der Waals surface area (Å²) in [6.45, 7) is 6.69. The second-order valence-electron chi connectivity index (χ2n) is 9.56. The molecular formula is C27H41N5O6. The Balaban J connectivity index is 0.000000559. The van der Waals surface area contributed by atoms with Crippen LogP contribution in [0.25, 0.3) is 0 Å². The van der Waals surface area contributed by atoms with E-state index in [4.69, 9.17) is 30.3 Å². The van der Waals surface area contributed by atoms with Gasteiger partial charge in [-0.1, -0.05) is 24.3 Å². The molecule has 11 heteroatoms. The maximum atomic E-state index is 13.1. The van der Waals surface area contributed by atoms with Crippen molar-refractivity contribution < 1.29 is 29.3 Å². The maximum Gasteiger partial charge on any atom is 0.300 e. The third-order valence-electron chi connectivity index (χ3n) is 6.35. The molecule has 1 aromatic carbocycles. The number of nitrogens with zero attached hydrogens (tertiary/aromatic N) is 3. The van der Waals surface area contributed by atoms with Gasteiger partial charge >= 0.3 is 0 Å². The minimum Gasteiger partial charge on any atom is -0.481 e. The Kier molecular flexibility index (Phi) is 13.5. The fraction of sp³-hybridized carbons (Fsp3) is 0.556. The van der Waals surface area contributed by atoms with Gasteiger partial charge in [-0.05, 0) is 42.9 Å². The lowest BCUT2D eigenvalue weighted by molar-refractivity contribution is -0.135. The number of carbonyl (C=O) groups excluding carboxylic acids is 1. The summed E-state index contributed by atoms with van der Waals surface area (Å²) in [6.07, 6.45) is 7.54. The van der Waals surface area contributed by atoms with Gasteiger partial charge in [0.1, 0.15) is 0 Å². The molecule has 4 rings (SSSR count). The van der Waals surface area contributed by atoms with E-state index in [1.54, 1.807) is 6.20 Å². The first-order valence-electron chi connectivity index (χ1n) is 12.9. The Bertz CT molecular complexity index is 974. The van der Waals surface area contributed by atoms with E-state index in [9.17, 15) is 4.79 Å². The zero-order chi connectivity index (χ0) is 27.9. The summed E-state index contributed by atoms with van der Waals surface area (Å²) in [6, 6.07) is 10.8. The van der Waals surface area contributed by atoms with Gasteiger partial charge in [-0.25, -0.2) is 0 Å². The zero-order valence-corrected chi connectivity index (χ0v) is 22.3. The van der Waals surface area contributed by atoms with E-state index < -0.39 is 11.9 Å². The van der Waals surface area contributed by atoms with Gasteiger partial charge in [0.25, 0.3) is 11.9 Å². The molecule has 0 spiro atoms. The van der Waals surface area contributed by atoms with Gasteiger partial charge < -0.3 is 26.0 Å². The van der Waals surface area contributed by atoms with Crippen LogP contribution in [-0.4, -0.2) is 81.1 Å². The van der Waals surface area contributed by atoms with Crippen molar-refractivity contribution in [3.8, 4) is 0 Å². The van der Waals surface area contributed by atoms with Crippen LogP contribution in [0.4, 0.5) is 0 Å². The van der Waals surface area contributed by atoms with E-state index in [1.165, 1.54) is 5.56 Å². The summed E-state index contributed by atoms with van der Waals surface area (Å²) in [7, 11) is 0. The van der Waals surface area contributed by atoms with Crippen molar-refractivity contribution in [1.82, 2.24) is 20.0 Å². The Morgan fingerprint density at radius 3 is 2.24 bits per heavy atom. The number of carbonyl (C=O) groups is 3. The molecule has 0 unspecified atom stereocenters. The van der Waals surface area contributed by atoms with Crippen molar-refractivity contribution in [3.05, 3.63) is 53.9 Å². The number of carboxylic acids is 2. The van der Waals surface area contributed by atoms with Crippen LogP contribution in [0.2, 0.25) is 0 Å². The predicted molar refractivity (Wildman–Crippen MR) is 142 cm³/mol. The molecule has 38 heavy (non-hydrogen) atoms. The van der Waals surface area contributed by atoms with Gasteiger partial charge in [0.15, 0.2) is 0 Å². The molecule has 0 radical (unpaired) electrons. The number of carboxylic acid groups (broad SMARTS) is 2. The van der Waals surface area contributed by atoms with Gasteiger partial charge in [-0.15, -0.1) is 0 Å². The number of nitrogens with two attached hydrogens (primary N) is 1. The molecule has 2 aromatic rings. The van der Waals surface area contributed by atoms with Gasteiger partial charge in [0.2, 0.25) is 5.91 Å². The van der Waals surface area contributed by atoms with E-state index >= 15 is 0 Å². The first-order valence-corrected chi connectivity index (χ1v) is 12.9. The highest BCUT2D eigenvalue weighted by Gasteiger charge is 2.31. The lowest BCUT2D eigenvalue weighted by Gasteiger charge is -2.35. The number of likely N-dealkylation sites (tertiary alicyclic amines) is 1. The van der Waals surface area contributed by atoms with E-state index in [0.29, 0.717) is 19.1 Å². The third kappa shape index (κ3) is 11.8. The molecule has 5 N–H and O–H groups in total. The normalized spacial score (nSPS) is 20.1. The molecule has 2 fully saturated rings. The van der Waals surface area contributed by atoms with Crippen LogP contribution in [0.3, 0.4) is 0 Å². The number of benzene rings is 1. The fourth-order valence-electron chi connectivity index (χ4n) is 4.60. The molecule has 1 aromatic heterocycles. The quantitative estimate of drug-likeness (QED) is 0.437. The predicted octanol–water partition coefficient (Wildman–Crippen LogP) is 1.95. The van der Waals surface area contributed by atoms with Crippen molar-refractivity contribution in [2.24, 2.45) is 11.7 Å². The van der Waals surface area contributed by atoms with Crippen LogP contribution in [0.5, 0.6) is 0 Å². The standard InChI is InChI=1S/C23H33N5O2.2C2H4O2/c24-21-7-6-20(15-27(17-21)22-8-12-30-13-9-22)23(29)25-14-18-4-1-2-5-19(18)16-28-11-3-10-26-28;2*1-2(3)4/h1-5,10-11,20-22H,6-9,12-17,24H2,(H,25,29);2*1H3,(H,3,4)/t20-,21+;;/m1../s1. The summed E-state index contributed by atoms with van der Waals surface area (Å²) in [5.41, 5.74) is 8.64. The molecule has 2 aliphatic heterocycles. The van der Waals surface area contributed by atoms with E-state index in [-0.39, 0.29) is 17.9 Å². The summed E-state index contributed by atoms with van der Waals surface area (Å²) in [5.74, 6) is -1.55. The molecular weight excluding hydrogens is 490 g/mol. The van der Waals surface area contributed by atoms with Crippen LogP contribution in [0.15, 0.2) is 42.7 Å². The van der Waals surface area contributed by atoms with Crippen molar-refractivity contribution >= 4 is 17.8 Å². The summed E-state index contributed by atoms with van der Waals surface area (Å²) in [4.78, 5) is 33.5. The Morgan fingerprint density at radius 2 is 1.63 bits per heavy atom. The van der Waals surface area contributed by atoms with Gasteiger partial charge in [0.05, 0.1) is 12.5 Å². The molecule has 0 bridgehead atoms. The molecule has 0 aliphatic carbocycles. The number of aromatic nitrogens is 2. The van der Waals surface area contributed by atoms with E-state index in [2.05, 4.69) is 27.4 Å². The van der Waals surface area contributed by atoms with Crippen LogP contribution < -0.4 is 11.1 Å². The second kappa shape index (κ2) is 16.5. The number of amides is 1. The summed E-state index contributed by atoms with van der Waals surface area (Å²) >= 11 is 0. The summed E-state index contributed by atoms with van der Waals surface area (Å²) in [5, 5.41) is 22.3. The minimum atomic E-state index is -0.833. The van der Waals surface area contributed by atoms with Gasteiger partial charge in [0, 0.05) is 71.2 Å². The monoisotopic (exact) mass is 531 g/mol. The Labute approximate surface area is 224 Å². The lowest BCUT2D eigenvalue weighted by Crippen LogP contribution is -2.47. The average Bonchev–Trinajstić information content (AvgIpc) is 3.30. The second-order valence-corrected chi connectivity index (χ2v) is 9.56. The molecule has 2 atom stereocenters. The first-order chi connectivity index (χ1) is 18.2. The summed E-state index contributed by atoms with van der Waals surface area (Å²) < 4.78 is 7.42. The molecule has 3 heterocycles. The van der Waals surface area contributed by atoms with Crippen molar-refractivity contribution in [2.75, 3.05) is 26.3 Å². The smallest absolute Gasteiger partial charge is 0.300 e. The van der Waals surface area contributed by atoms with Gasteiger partial charge in [-0.2, -0.15) is 5.10 Å². The maximum absolute atomic E-state index is 13.1.